The highest BCUT2D eigenvalue weighted by atomic mass is 79.9. The van der Waals surface area contributed by atoms with Gasteiger partial charge in [0.2, 0.25) is 0 Å². The van der Waals surface area contributed by atoms with Crippen molar-refractivity contribution < 1.29 is 8.42 Å². The van der Waals surface area contributed by atoms with Gasteiger partial charge in [-0.2, -0.15) is 0 Å². The molecule has 1 aliphatic carbocycles. The molecule has 1 aliphatic rings. The van der Waals surface area contributed by atoms with E-state index in [0.717, 1.165) is 37.4 Å². The second-order valence-electron chi connectivity index (χ2n) is 5.49. The van der Waals surface area contributed by atoms with E-state index in [-0.39, 0.29) is 5.41 Å². The monoisotopic (exact) mass is 324 g/mol. The van der Waals surface area contributed by atoms with Gasteiger partial charge in [-0.3, -0.25) is 0 Å². The Morgan fingerprint density at radius 3 is 2.29 bits per heavy atom. The molecule has 1 rings (SSSR count). The summed E-state index contributed by atoms with van der Waals surface area (Å²) in [6.07, 6.45) is 8.74. The molecule has 0 aliphatic heterocycles. The van der Waals surface area contributed by atoms with Crippen molar-refractivity contribution in [1.82, 2.24) is 0 Å². The number of alkyl halides is 1. The van der Waals surface area contributed by atoms with Gasteiger partial charge in [-0.1, -0.05) is 55.0 Å². The highest BCUT2D eigenvalue weighted by Crippen LogP contribution is 2.39. The van der Waals surface area contributed by atoms with Crippen molar-refractivity contribution in [2.24, 2.45) is 5.41 Å². The van der Waals surface area contributed by atoms with Gasteiger partial charge in [0.05, 0.1) is 11.5 Å². The highest BCUT2D eigenvalue weighted by molar-refractivity contribution is 9.09. The predicted octanol–water partition coefficient (Wildman–Crippen LogP) is 3.94. The minimum atomic E-state index is -2.85. The molecule has 1 fully saturated rings. The fourth-order valence-corrected chi connectivity index (χ4v) is 5.86. The van der Waals surface area contributed by atoms with Crippen molar-refractivity contribution in [2.75, 3.05) is 16.8 Å². The van der Waals surface area contributed by atoms with Crippen molar-refractivity contribution in [3.8, 4) is 0 Å². The quantitative estimate of drug-likeness (QED) is 0.525. The van der Waals surface area contributed by atoms with Crippen molar-refractivity contribution in [2.45, 2.75) is 58.3 Å². The lowest BCUT2D eigenvalue weighted by atomic mass is 9.77. The second-order valence-corrected chi connectivity index (χ2v) is 8.24. The van der Waals surface area contributed by atoms with Crippen molar-refractivity contribution >= 4 is 25.8 Å². The third-order valence-electron chi connectivity index (χ3n) is 3.78. The van der Waals surface area contributed by atoms with E-state index in [9.17, 15) is 8.42 Å². The van der Waals surface area contributed by atoms with Crippen LogP contribution in [0.25, 0.3) is 0 Å². The standard InChI is InChI=1S/C13H25BrO2S/c1-2-3-7-10-17(15,16)12-13(11-14)8-5-4-6-9-13/h2-12H2,1H3. The maximum atomic E-state index is 12.1. The van der Waals surface area contributed by atoms with E-state index in [1.807, 2.05) is 0 Å². The van der Waals surface area contributed by atoms with Crippen LogP contribution in [0.5, 0.6) is 0 Å². The maximum Gasteiger partial charge on any atom is 0.150 e. The third kappa shape index (κ3) is 5.29. The molecule has 0 saturated heterocycles. The Labute approximate surface area is 115 Å². The molecule has 102 valence electrons. The Hall–Kier alpha value is 0.430. The SMILES string of the molecule is CCCCCS(=O)(=O)CC1(CBr)CCCCC1. The van der Waals surface area contributed by atoms with Crippen molar-refractivity contribution in [3.63, 3.8) is 0 Å². The third-order valence-corrected chi connectivity index (χ3v) is 6.94. The Kier molecular flexibility index (Phi) is 6.49. The van der Waals surface area contributed by atoms with E-state index in [0.29, 0.717) is 11.5 Å². The van der Waals surface area contributed by atoms with Gasteiger partial charge in [0.25, 0.3) is 0 Å². The number of rotatable bonds is 7. The van der Waals surface area contributed by atoms with E-state index in [1.165, 1.54) is 19.3 Å². The maximum absolute atomic E-state index is 12.1. The summed E-state index contributed by atoms with van der Waals surface area (Å²) in [4.78, 5) is 0. The normalized spacial score (nSPS) is 20.4. The first-order valence-electron chi connectivity index (χ1n) is 6.80. The van der Waals surface area contributed by atoms with Crippen LogP contribution in [0, 0.1) is 5.41 Å². The lowest BCUT2D eigenvalue weighted by molar-refractivity contribution is 0.256. The van der Waals surface area contributed by atoms with Crippen molar-refractivity contribution in [3.05, 3.63) is 0 Å². The van der Waals surface area contributed by atoms with E-state index in [2.05, 4.69) is 22.9 Å². The molecule has 0 N–H and O–H groups in total. The fourth-order valence-electron chi connectivity index (χ4n) is 2.73. The molecule has 1 saturated carbocycles. The molecule has 0 aromatic heterocycles. The summed E-state index contributed by atoms with van der Waals surface area (Å²) in [5, 5.41) is 0.840. The van der Waals surface area contributed by atoms with Crippen LogP contribution in [-0.4, -0.2) is 25.3 Å². The molecule has 4 heteroatoms. The second kappa shape index (κ2) is 7.13. The molecule has 0 bridgehead atoms. The lowest BCUT2D eigenvalue weighted by Gasteiger charge is -2.35. The highest BCUT2D eigenvalue weighted by Gasteiger charge is 2.35. The smallest absolute Gasteiger partial charge is 0.150 e. The van der Waals surface area contributed by atoms with Crippen molar-refractivity contribution in [1.29, 1.82) is 0 Å². The van der Waals surface area contributed by atoms with Crippen LogP contribution in [0.15, 0.2) is 0 Å². The zero-order valence-electron chi connectivity index (χ0n) is 10.9. The van der Waals surface area contributed by atoms with E-state index in [4.69, 9.17) is 0 Å². The minimum absolute atomic E-state index is 0.0310. The molecule has 0 aromatic carbocycles. The van der Waals surface area contributed by atoms with Crippen LogP contribution >= 0.6 is 15.9 Å². The number of unbranched alkanes of at least 4 members (excludes halogenated alkanes) is 2. The summed E-state index contributed by atoms with van der Waals surface area (Å²) in [6, 6.07) is 0. The molecular formula is C13H25BrO2S. The first-order chi connectivity index (χ1) is 8.04. The molecule has 0 radical (unpaired) electrons. The van der Waals surface area contributed by atoms with Gasteiger partial charge in [0, 0.05) is 5.33 Å². The molecule has 0 atom stereocenters. The van der Waals surface area contributed by atoms with Gasteiger partial charge < -0.3 is 0 Å². The zero-order valence-corrected chi connectivity index (χ0v) is 13.3. The van der Waals surface area contributed by atoms with Gasteiger partial charge >= 0.3 is 0 Å². The van der Waals surface area contributed by atoms with Crippen LogP contribution in [0.4, 0.5) is 0 Å². The van der Waals surface area contributed by atoms with Gasteiger partial charge in [-0.05, 0) is 24.7 Å². The van der Waals surface area contributed by atoms with Crippen LogP contribution in [0.3, 0.4) is 0 Å². The van der Waals surface area contributed by atoms with E-state index < -0.39 is 9.84 Å². The first-order valence-corrected chi connectivity index (χ1v) is 9.74. The van der Waals surface area contributed by atoms with Crippen LogP contribution in [0.1, 0.15) is 58.3 Å². The predicted molar refractivity (Wildman–Crippen MR) is 77.5 cm³/mol. The molecule has 0 spiro atoms. The van der Waals surface area contributed by atoms with Gasteiger partial charge in [0.15, 0.2) is 9.84 Å². The topological polar surface area (TPSA) is 34.1 Å². The zero-order chi connectivity index (χ0) is 12.8. The Morgan fingerprint density at radius 1 is 1.12 bits per heavy atom. The molecule has 0 aromatic rings. The first kappa shape index (κ1) is 15.5. The average Bonchev–Trinajstić information content (AvgIpc) is 2.30. The number of hydrogen-bond donors (Lipinski definition) is 0. The molecule has 0 heterocycles. The van der Waals surface area contributed by atoms with Gasteiger partial charge in [-0.25, -0.2) is 8.42 Å². The van der Waals surface area contributed by atoms with Gasteiger partial charge in [0.1, 0.15) is 0 Å². The van der Waals surface area contributed by atoms with E-state index >= 15 is 0 Å². The summed E-state index contributed by atoms with van der Waals surface area (Å²) < 4.78 is 24.2. The molecular weight excluding hydrogens is 300 g/mol. The minimum Gasteiger partial charge on any atom is -0.229 e. The summed E-state index contributed by atoms with van der Waals surface area (Å²) in [6.45, 7) is 2.10. The number of hydrogen-bond acceptors (Lipinski definition) is 2. The molecule has 17 heavy (non-hydrogen) atoms. The number of sulfone groups is 1. The van der Waals surface area contributed by atoms with Gasteiger partial charge in [-0.15, -0.1) is 0 Å². The summed E-state index contributed by atoms with van der Waals surface area (Å²) in [5.41, 5.74) is 0.0310. The molecule has 2 nitrogen and oxygen atoms in total. The lowest BCUT2D eigenvalue weighted by Crippen LogP contribution is -2.35. The number of halogens is 1. The molecule has 0 unspecified atom stereocenters. The summed E-state index contributed by atoms with van der Waals surface area (Å²) in [7, 11) is -2.85. The largest absolute Gasteiger partial charge is 0.229 e. The van der Waals surface area contributed by atoms with E-state index in [1.54, 1.807) is 0 Å². The van der Waals surface area contributed by atoms with Crippen LogP contribution in [-0.2, 0) is 9.84 Å². The molecule has 0 amide bonds. The Balaban J connectivity index is 2.54. The summed E-state index contributed by atoms with van der Waals surface area (Å²) in [5.74, 6) is 0.782. The van der Waals surface area contributed by atoms with Crippen LogP contribution < -0.4 is 0 Å². The fraction of sp³-hybridized carbons (Fsp3) is 1.00. The summed E-state index contributed by atoms with van der Waals surface area (Å²) >= 11 is 3.54. The Morgan fingerprint density at radius 2 is 1.76 bits per heavy atom. The average molecular weight is 325 g/mol. The van der Waals surface area contributed by atoms with Crippen LogP contribution in [0.2, 0.25) is 0 Å². The Bertz CT molecular complexity index is 305.